The Labute approximate surface area is 166 Å². The van der Waals surface area contributed by atoms with Crippen molar-refractivity contribution in [1.29, 1.82) is 0 Å². The summed E-state index contributed by atoms with van der Waals surface area (Å²) in [4.78, 5) is 25.2. The third kappa shape index (κ3) is 4.50. The molecule has 0 aromatic heterocycles. The zero-order valence-electron chi connectivity index (χ0n) is 15.1. The van der Waals surface area contributed by atoms with Crippen LogP contribution < -0.4 is 10.2 Å². The number of nitrogens with one attached hydrogen (secondary N) is 1. The summed E-state index contributed by atoms with van der Waals surface area (Å²) in [5.41, 5.74) is -2.67. The molecule has 0 aliphatic carbocycles. The predicted octanol–water partition coefficient (Wildman–Crippen LogP) is 4.70. The molecule has 2 aromatic rings. The van der Waals surface area contributed by atoms with Gasteiger partial charge in [0.25, 0.3) is 0 Å². The van der Waals surface area contributed by atoms with Crippen LogP contribution in [0.3, 0.4) is 0 Å². The number of benzene rings is 2. The first-order valence-corrected chi connectivity index (χ1v) is 8.58. The first-order valence-electron chi connectivity index (χ1n) is 8.58. The van der Waals surface area contributed by atoms with Crippen molar-refractivity contribution in [3.8, 4) is 0 Å². The molecule has 1 heterocycles. The van der Waals surface area contributed by atoms with Crippen molar-refractivity contribution in [1.82, 2.24) is 5.32 Å². The maximum atomic E-state index is 13.5. The Morgan fingerprint density at radius 2 is 1.63 bits per heavy atom. The third-order valence-corrected chi connectivity index (χ3v) is 4.34. The second-order valence-corrected chi connectivity index (χ2v) is 6.34. The molecular weight excluding hydrogens is 418 g/mol. The van der Waals surface area contributed by atoms with Crippen LogP contribution in [0.2, 0.25) is 0 Å². The number of amides is 2. The number of esters is 1. The molecule has 2 aromatic carbocycles. The van der Waals surface area contributed by atoms with Gasteiger partial charge in [-0.2, -0.15) is 26.3 Å². The average molecular weight is 432 g/mol. The summed E-state index contributed by atoms with van der Waals surface area (Å²) in [5.74, 6) is -1.45. The number of carbonyl (C=O) groups is 2. The summed E-state index contributed by atoms with van der Waals surface area (Å²) in [6.45, 7) is 0.779. The molecule has 1 fully saturated rings. The van der Waals surface area contributed by atoms with Crippen LogP contribution in [0.25, 0.3) is 0 Å². The summed E-state index contributed by atoms with van der Waals surface area (Å²) in [6.07, 6.45) is -13.4. The Morgan fingerprint density at radius 1 is 1.00 bits per heavy atom. The second kappa shape index (κ2) is 7.88. The fourth-order valence-corrected chi connectivity index (χ4v) is 2.96. The molecule has 3 rings (SSSR count). The van der Waals surface area contributed by atoms with E-state index in [0.717, 1.165) is 24.3 Å². The molecule has 160 valence electrons. The highest BCUT2D eigenvalue weighted by atomic mass is 19.4. The lowest BCUT2D eigenvalue weighted by atomic mass is 10.0. The molecule has 5 nitrogen and oxygen atoms in total. The van der Waals surface area contributed by atoms with Crippen molar-refractivity contribution in [2.45, 2.75) is 18.5 Å². The number of halogens is 6. The standard InChI is InChI=1S/C19H14F6N2O3/c20-18(21,22)14-4-2-1-3-13(14)15(19(23,24)25)30-16(28)11-5-7-12(8-6-11)27-10-9-26-17(27)29/h1-8,15H,9-10H2,(H,26,29). The number of nitrogens with zero attached hydrogens (tertiary/aromatic N) is 1. The number of anilines is 1. The van der Waals surface area contributed by atoms with Gasteiger partial charge in [-0.3, -0.25) is 4.90 Å². The molecule has 0 spiro atoms. The first-order chi connectivity index (χ1) is 14.0. The molecule has 1 aliphatic heterocycles. The Balaban J connectivity index is 1.86. The first kappa shape index (κ1) is 21.5. The summed E-state index contributed by atoms with van der Waals surface area (Å²) in [6, 6.07) is 7.58. The van der Waals surface area contributed by atoms with Gasteiger partial charge in [0.05, 0.1) is 11.1 Å². The zero-order chi connectivity index (χ0) is 22.1. The molecule has 2 amide bonds. The topological polar surface area (TPSA) is 58.6 Å². The number of hydrogen-bond acceptors (Lipinski definition) is 3. The normalized spacial score (nSPS) is 15.7. The van der Waals surface area contributed by atoms with Crippen LogP contribution in [0.5, 0.6) is 0 Å². The van der Waals surface area contributed by atoms with Crippen molar-refractivity contribution < 1.29 is 40.7 Å². The van der Waals surface area contributed by atoms with E-state index >= 15 is 0 Å². The summed E-state index contributed by atoms with van der Waals surface area (Å²) in [7, 11) is 0. The van der Waals surface area contributed by atoms with E-state index in [1.165, 1.54) is 17.0 Å². The number of urea groups is 1. The minimum atomic E-state index is -5.27. The molecule has 30 heavy (non-hydrogen) atoms. The van der Waals surface area contributed by atoms with Crippen LogP contribution >= 0.6 is 0 Å². The third-order valence-electron chi connectivity index (χ3n) is 4.34. The van der Waals surface area contributed by atoms with Crippen LogP contribution in [-0.4, -0.2) is 31.3 Å². The van der Waals surface area contributed by atoms with Crippen molar-refractivity contribution >= 4 is 17.7 Å². The molecular formula is C19H14F6N2O3. The van der Waals surface area contributed by atoms with Crippen LogP contribution in [0, 0.1) is 0 Å². The highest BCUT2D eigenvalue weighted by Crippen LogP contribution is 2.42. The molecule has 1 N–H and O–H groups in total. The van der Waals surface area contributed by atoms with Gasteiger partial charge in [-0.15, -0.1) is 0 Å². The SMILES string of the molecule is O=C(OC(c1ccccc1C(F)(F)F)C(F)(F)F)c1ccc(N2CCNC2=O)cc1. The van der Waals surface area contributed by atoms with Crippen molar-refractivity contribution in [3.05, 3.63) is 65.2 Å². The van der Waals surface area contributed by atoms with E-state index in [4.69, 9.17) is 0 Å². The zero-order valence-corrected chi connectivity index (χ0v) is 15.1. The largest absolute Gasteiger partial charge is 0.444 e. The van der Waals surface area contributed by atoms with Crippen molar-refractivity contribution in [3.63, 3.8) is 0 Å². The monoisotopic (exact) mass is 432 g/mol. The van der Waals surface area contributed by atoms with Crippen LogP contribution in [-0.2, 0) is 10.9 Å². The molecule has 1 atom stereocenters. The molecule has 0 bridgehead atoms. The van der Waals surface area contributed by atoms with Crippen LogP contribution in [0.1, 0.15) is 27.6 Å². The number of hydrogen-bond donors (Lipinski definition) is 1. The van der Waals surface area contributed by atoms with E-state index in [1.807, 2.05) is 0 Å². The fraction of sp³-hybridized carbons (Fsp3) is 0.263. The Bertz CT molecular complexity index is 941. The van der Waals surface area contributed by atoms with Gasteiger partial charge in [0, 0.05) is 24.3 Å². The van der Waals surface area contributed by atoms with Crippen molar-refractivity contribution in [2.75, 3.05) is 18.0 Å². The lowest BCUT2D eigenvalue weighted by molar-refractivity contribution is -0.209. The summed E-state index contributed by atoms with van der Waals surface area (Å²) in [5, 5.41) is 2.56. The average Bonchev–Trinajstić information content (AvgIpc) is 3.10. The van der Waals surface area contributed by atoms with E-state index in [2.05, 4.69) is 10.1 Å². The van der Waals surface area contributed by atoms with E-state index in [0.29, 0.717) is 30.9 Å². The van der Waals surface area contributed by atoms with Crippen molar-refractivity contribution in [2.24, 2.45) is 0 Å². The van der Waals surface area contributed by atoms with Gasteiger partial charge in [-0.1, -0.05) is 18.2 Å². The minimum Gasteiger partial charge on any atom is -0.444 e. The minimum absolute atomic E-state index is 0.308. The van der Waals surface area contributed by atoms with Gasteiger partial charge in [-0.25, -0.2) is 9.59 Å². The van der Waals surface area contributed by atoms with Gasteiger partial charge >= 0.3 is 24.4 Å². The van der Waals surface area contributed by atoms with E-state index in [9.17, 15) is 35.9 Å². The highest BCUT2D eigenvalue weighted by Gasteiger charge is 2.48. The Kier molecular flexibility index (Phi) is 5.64. The van der Waals surface area contributed by atoms with Gasteiger partial charge in [0.2, 0.25) is 6.10 Å². The number of carbonyl (C=O) groups excluding carboxylic acids is 2. The summed E-state index contributed by atoms with van der Waals surface area (Å²) >= 11 is 0. The Morgan fingerprint density at radius 3 is 2.17 bits per heavy atom. The van der Waals surface area contributed by atoms with Crippen LogP contribution in [0.4, 0.5) is 36.8 Å². The molecule has 0 saturated carbocycles. The predicted molar refractivity (Wildman–Crippen MR) is 92.8 cm³/mol. The highest BCUT2D eigenvalue weighted by molar-refractivity contribution is 5.95. The molecule has 0 radical (unpaired) electrons. The quantitative estimate of drug-likeness (QED) is 0.563. The second-order valence-electron chi connectivity index (χ2n) is 6.34. The van der Waals surface area contributed by atoms with E-state index in [-0.39, 0.29) is 11.6 Å². The molecule has 1 unspecified atom stereocenters. The van der Waals surface area contributed by atoms with E-state index in [1.54, 1.807) is 0 Å². The fourth-order valence-electron chi connectivity index (χ4n) is 2.96. The van der Waals surface area contributed by atoms with Gasteiger partial charge < -0.3 is 10.1 Å². The molecule has 1 aliphatic rings. The Hall–Kier alpha value is -3.24. The van der Waals surface area contributed by atoms with Gasteiger partial charge in [0.15, 0.2) is 0 Å². The number of rotatable bonds is 4. The molecule has 1 saturated heterocycles. The van der Waals surface area contributed by atoms with Crippen LogP contribution in [0.15, 0.2) is 48.5 Å². The van der Waals surface area contributed by atoms with E-state index < -0.39 is 35.6 Å². The van der Waals surface area contributed by atoms with Gasteiger partial charge in [-0.05, 0) is 30.3 Å². The lowest BCUT2D eigenvalue weighted by Crippen LogP contribution is -2.29. The lowest BCUT2D eigenvalue weighted by Gasteiger charge is -2.24. The number of alkyl halides is 6. The maximum Gasteiger partial charge on any atom is 0.429 e. The smallest absolute Gasteiger partial charge is 0.429 e. The maximum absolute atomic E-state index is 13.5. The summed E-state index contributed by atoms with van der Waals surface area (Å²) < 4.78 is 84.3. The number of ether oxygens (including phenoxy) is 1. The van der Waals surface area contributed by atoms with Gasteiger partial charge in [0.1, 0.15) is 0 Å². The molecule has 11 heteroatoms.